The third kappa shape index (κ3) is 3.85. The molecule has 2 aromatic rings. The van der Waals surface area contributed by atoms with E-state index in [1.165, 1.54) is 16.7 Å². The third-order valence-corrected chi connectivity index (χ3v) is 3.51. The highest BCUT2D eigenvalue weighted by molar-refractivity contribution is 5.29. The van der Waals surface area contributed by atoms with Crippen LogP contribution in [0.1, 0.15) is 36.5 Å². The van der Waals surface area contributed by atoms with Gasteiger partial charge in [-0.25, -0.2) is 0 Å². The van der Waals surface area contributed by atoms with Crippen molar-refractivity contribution in [2.24, 2.45) is 0 Å². The van der Waals surface area contributed by atoms with Gasteiger partial charge in [0, 0.05) is 0 Å². The third-order valence-electron chi connectivity index (χ3n) is 3.51. The maximum Gasteiger partial charge on any atom is 0.118 e. The van der Waals surface area contributed by atoms with Gasteiger partial charge in [-0.05, 0) is 47.6 Å². The number of hydrogen-bond acceptors (Lipinski definition) is 1. The first-order valence-corrected chi connectivity index (χ1v) is 6.91. The fourth-order valence-corrected chi connectivity index (χ4v) is 2.15. The molecule has 1 nitrogen and oxygen atoms in total. The van der Waals surface area contributed by atoms with E-state index in [0.717, 1.165) is 18.6 Å². The summed E-state index contributed by atoms with van der Waals surface area (Å²) in [5.41, 5.74) is 4.17. The molecule has 0 saturated heterocycles. The van der Waals surface area contributed by atoms with E-state index < -0.39 is 0 Å². The lowest BCUT2D eigenvalue weighted by molar-refractivity contribution is 0.414. The molecule has 0 amide bonds. The van der Waals surface area contributed by atoms with Crippen molar-refractivity contribution in [3.63, 3.8) is 0 Å². The minimum Gasteiger partial charge on any atom is -0.497 e. The van der Waals surface area contributed by atoms with Crippen molar-refractivity contribution in [1.29, 1.82) is 0 Å². The van der Waals surface area contributed by atoms with Crippen molar-refractivity contribution < 1.29 is 4.74 Å². The number of methoxy groups -OCH3 is 1. The van der Waals surface area contributed by atoms with Crippen molar-refractivity contribution in [1.82, 2.24) is 0 Å². The SMILES string of the molecule is COc1ccc(CCc2ccc(C(C)C)cc2)cc1. The Morgan fingerprint density at radius 1 is 0.789 bits per heavy atom. The predicted molar refractivity (Wildman–Crippen MR) is 80.9 cm³/mol. The number of benzene rings is 2. The molecule has 0 aliphatic heterocycles. The molecule has 0 spiro atoms. The molecular weight excluding hydrogens is 232 g/mol. The van der Waals surface area contributed by atoms with Gasteiger partial charge in [-0.15, -0.1) is 0 Å². The summed E-state index contributed by atoms with van der Waals surface area (Å²) in [5, 5.41) is 0. The molecule has 0 N–H and O–H groups in total. The summed E-state index contributed by atoms with van der Waals surface area (Å²) in [5.74, 6) is 1.53. The summed E-state index contributed by atoms with van der Waals surface area (Å²) in [6, 6.07) is 17.3. The Bertz CT molecular complexity index is 494. The highest BCUT2D eigenvalue weighted by atomic mass is 16.5. The zero-order chi connectivity index (χ0) is 13.7. The van der Waals surface area contributed by atoms with Crippen LogP contribution in [0.15, 0.2) is 48.5 Å². The molecule has 0 heterocycles. The normalized spacial score (nSPS) is 10.7. The molecule has 0 aliphatic carbocycles. The van der Waals surface area contributed by atoms with E-state index in [2.05, 4.69) is 50.2 Å². The predicted octanol–water partition coefficient (Wildman–Crippen LogP) is 4.60. The Kier molecular flexibility index (Phi) is 4.62. The monoisotopic (exact) mass is 254 g/mol. The van der Waals surface area contributed by atoms with E-state index >= 15 is 0 Å². The Morgan fingerprint density at radius 2 is 1.26 bits per heavy atom. The van der Waals surface area contributed by atoms with Crippen LogP contribution in [0.25, 0.3) is 0 Å². The van der Waals surface area contributed by atoms with Crippen LogP contribution in [0, 0.1) is 0 Å². The maximum atomic E-state index is 5.17. The fourth-order valence-electron chi connectivity index (χ4n) is 2.15. The van der Waals surface area contributed by atoms with Crippen LogP contribution in [0.5, 0.6) is 5.75 Å². The number of aryl methyl sites for hydroxylation is 2. The van der Waals surface area contributed by atoms with Gasteiger partial charge in [0.05, 0.1) is 7.11 Å². The second kappa shape index (κ2) is 6.42. The lowest BCUT2D eigenvalue weighted by atomic mass is 9.99. The van der Waals surface area contributed by atoms with E-state index in [9.17, 15) is 0 Å². The van der Waals surface area contributed by atoms with E-state index in [1.54, 1.807) is 7.11 Å². The van der Waals surface area contributed by atoms with Crippen LogP contribution in [-0.4, -0.2) is 7.11 Å². The molecule has 100 valence electrons. The van der Waals surface area contributed by atoms with Crippen molar-refractivity contribution in [3.8, 4) is 5.75 Å². The maximum absolute atomic E-state index is 5.17. The van der Waals surface area contributed by atoms with Gasteiger partial charge in [-0.1, -0.05) is 50.2 Å². The largest absolute Gasteiger partial charge is 0.497 e. The van der Waals surface area contributed by atoms with Gasteiger partial charge >= 0.3 is 0 Å². The van der Waals surface area contributed by atoms with E-state index in [0.29, 0.717) is 5.92 Å². The van der Waals surface area contributed by atoms with Gasteiger partial charge in [0.1, 0.15) is 5.75 Å². The number of hydrogen-bond donors (Lipinski definition) is 0. The Balaban J connectivity index is 1.94. The average Bonchev–Trinajstić information content (AvgIpc) is 2.46. The van der Waals surface area contributed by atoms with Crippen molar-refractivity contribution >= 4 is 0 Å². The van der Waals surface area contributed by atoms with Crippen LogP contribution in [-0.2, 0) is 12.8 Å². The molecule has 19 heavy (non-hydrogen) atoms. The molecule has 0 aromatic heterocycles. The molecule has 0 radical (unpaired) electrons. The van der Waals surface area contributed by atoms with Gasteiger partial charge in [-0.3, -0.25) is 0 Å². The quantitative estimate of drug-likeness (QED) is 0.757. The van der Waals surface area contributed by atoms with Crippen LogP contribution in [0.4, 0.5) is 0 Å². The van der Waals surface area contributed by atoms with E-state index in [-0.39, 0.29) is 0 Å². The molecule has 0 unspecified atom stereocenters. The Morgan fingerprint density at radius 3 is 1.68 bits per heavy atom. The van der Waals surface area contributed by atoms with Crippen molar-refractivity contribution in [3.05, 3.63) is 65.2 Å². The van der Waals surface area contributed by atoms with E-state index in [1.807, 2.05) is 12.1 Å². The molecule has 2 rings (SSSR count). The second-order valence-electron chi connectivity index (χ2n) is 5.24. The topological polar surface area (TPSA) is 9.23 Å². The van der Waals surface area contributed by atoms with Crippen molar-refractivity contribution in [2.45, 2.75) is 32.6 Å². The standard InChI is InChI=1S/C18H22O/c1-14(2)17-10-6-15(7-11-17)4-5-16-8-12-18(19-3)13-9-16/h6-14H,4-5H2,1-3H3. The van der Waals surface area contributed by atoms with Gasteiger partial charge in [0.2, 0.25) is 0 Å². The summed E-state index contributed by atoms with van der Waals surface area (Å²) in [6.45, 7) is 4.46. The highest BCUT2D eigenvalue weighted by Crippen LogP contribution is 2.17. The minimum absolute atomic E-state index is 0.607. The van der Waals surface area contributed by atoms with Gasteiger partial charge in [-0.2, -0.15) is 0 Å². The zero-order valence-corrected chi connectivity index (χ0v) is 12.0. The summed E-state index contributed by atoms with van der Waals surface area (Å²) in [4.78, 5) is 0. The molecule has 1 heteroatoms. The number of rotatable bonds is 5. The molecule has 2 aromatic carbocycles. The number of ether oxygens (including phenoxy) is 1. The van der Waals surface area contributed by atoms with Gasteiger partial charge in [0.25, 0.3) is 0 Å². The first-order valence-electron chi connectivity index (χ1n) is 6.91. The van der Waals surface area contributed by atoms with E-state index in [4.69, 9.17) is 4.74 Å². The summed E-state index contributed by atoms with van der Waals surface area (Å²) in [6.07, 6.45) is 2.16. The van der Waals surface area contributed by atoms with Gasteiger partial charge in [0.15, 0.2) is 0 Å². The minimum atomic E-state index is 0.607. The molecule has 0 atom stereocenters. The van der Waals surface area contributed by atoms with Crippen LogP contribution >= 0.6 is 0 Å². The average molecular weight is 254 g/mol. The summed E-state index contributed by atoms with van der Waals surface area (Å²) in [7, 11) is 1.70. The second-order valence-corrected chi connectivity index (χ2v) is 5.24. The lowest BCUT2D eigenvalue weighted by Crippen LogP contribution is -1.93. The highest BCUT2D eigenvalue weighted by Gasteiger charge is 2.00. The first kappa shape index (κ1) is 13.7. The lowest BCUT2D eigenvalue weighted by Gasteiger charge is -2.07. The molecule has 0 fully saturated rings. The summed E-state index contributed by atoms with van der Waals surface area (Å²) >= 11 is 0. The molecular formula is C18H22O. The van der Waals surface area contributed by atoms with Crippen LogP contribution in [0.2, 0.25) is 0 Å². The molecule has 0 saturated carbocycles. The fraction of sp³-hybridized carbons (Fsp3) is 0.333. The van der Waals surface area contributed by atoms with Crippen molar-refractivity contribution in [2.75, 3.05) is 7.11 Å². The first-order chi connectivity index (χ1) is 9.19. The summed E-state index contributed by atoms with van der Waals surface area (Å²) < 4.78 is 5.17. The smallest absolute Gasteiger partial charge is 0.118 e. The van der Waals surface area contributed by atoms with Gasteiger partial charge < -0.3 is 4.74 Å². The zero-order valence-electron chi connectivity index (χ0n) is 12.0. The Hall–Kier alpha value is -1.76. The Labute approximate surface area is 116 Å². The van der Waals surface area contributed by atoms with Crippen LogP contribution in [0.3, 0.4) is 0 Å². The van der Waals surface area contributed by atoms with Crippen LogP contribution < -0.4 is 4.74 Å². The molecule has 0 aliphatic rings. The molecule has 0 bridgehead atoms.